The lowest BCUT2D eigenvalue weighted by Crippen LogP contribution is -2.14. The third-order valence-corrected chi connectivity index (χ3v) is 5.61. The van der Waals surface area contributed by atoms with E-state index in [2.05, 4.69) is 20.9 Å². The number of carbonyl (C=O) groups is 1. The van der Waals surface area contributed by atoms with Crippen molar-refractivity contribution >= 4 is 44.8 Å². The second-order valence-corrected chi connectivity index (χ2v) is 7.72. The van der Waals surface area contributed by atoms with E-state index in [4.69, 9.17) is 11.6 Å². The topological polar surface area (TPSA) is 34.4 Å². The number of benzene rings is 2. The number of thiazole rings is 1. The summed E-state index contributed by atoms with van der Waals surface area (Å²) in [6, 6.07) is 14.9. The predicted octanol–water partition coefficient (Wildman–Crippen LogP) is 5.22. The smallest absolute Gasteiger partial charge is 0.280 e. The highest BCUT2D eigenvalue weighted by Crippen LogP contribution is 2.26. The molecular weight excluding hydrogens is 408 g/mol. The van der Waals surface area contributed by atoms with Crippen LogP contribution in [-0.4, -0.2) is 10.5 Å². The number of carbonyl (C=O) groups excluding carboxylic acids is 1. The van der Waals surface area contributed by atoms with Gasteiger partial charge in [-0.25, -0.2) is 0 Å². The first kappa shape index (κ1) is 17.1. The van der Waals surface area contributed by atoms with Crippen LogP contribution in [0.25, 0.3) is 11.3 Å². The molecule has 0 aliphatic rings. The monoisotopic (exact) mass is 420 g/mol. The minimum atomic E-state index is -0.262. The Hall–Kier alpha value is -1.69. The second-order valence-electron chi connectivity index (χ2n) is 5.25. The molecule has 0 saturated heterocycles. The molecule has 0 aliphatic carbocycles. The molecule has 1 aromatic heterocycles. The van der Waals surface area contributed by atoms with Crippen LogP contribution in [0.3, 0.4) is 0 Å². The molecule has 1 heterocycles. The van der Waals surface area contributed by atoms with Crippen molar-refractivity contribution in [1.29, 1.82) is 0 Å². The number of nitrogens with zero attached hydrogens (tertiary/aromatic N) is 2. The summed E-state index contributed by atoms with van der Waals surface area (Å²) < 4.78 is 2.69. The molecule has 6 heteroatoms. The maximum atomic E-state index is 12.5. The summed E-state index contributed by atoms with van der Waals surface area (Å²) in [5.74, 6) is -0.262. The van der Waals surface area contributed by atoms with Gasteiger partial charge in [-0.2, -0.15) is 4.99 Å². The summed E-state index contributed by atoms with van der Waals surface area (Å²) in [4.78, 5) is 18.5. The van der Waals surface area contributed by atoms with Crippen molar-refractivity contribution in [2.24, 2.45) is 12.0 Å². The van der Waals surface area contributed by atoms with E-state index >= 15 is 0 Å². The van der Waals surface area contributed by atoms with Gasteiger partial charge in [-0.05, 0) is 52.7 Å². The molecule has 0 spiro atoms. The number of aryl methyl sites for hydroxylation is 1. The van der Waals surface area contributed by atoms with E-state index < -0.39 is 0 Å². The Kier molecular flexibility index (Phi) is 5.04. The van der Waals surface area contributed by atoms with Crippen molar-refractivity contribution in [3.05, 3.63) is 73.3 Å². The largest absolute Gasteiger partial charge is 0.319 e. The molecule has 122 valence electrons. The summed E-state index contributed by atoms with van der Waals surface area (Å²) in [6.07, 6.45) is 0. The summed E-state index contributed by atoms with van der Waals surface area (Å²) in [5, 5.41) is 0.698. The molecule has 0 saturated carbocycles. The van der Waals surface area contributed by atoms with Gasteiger partial charge in [-0.3, -0.25) is 4.79 Å². The SMILES string of the molecule is Cc1sc(=NC(=O)c2ccccc2Br)n(C)c1-c1ccc(Cl)cc1. The molecule has 0 aliphatic heterocycles. The zero-order valence-electron chi connectivity index (χ0n) is 13.1. The van der Waals surface area contributed by atoms with E-state index in [1.54, 1.807) is 6.07 Å². The van der Waals surface area contributed by atoms with Crippen molar-refractivity contribution in [3.63, 3.8) is 0 Å². The van der Waals surface area contributed by atoms with Crippen molar-refractivity contribution in [1.82, 2.24) is 4.57 Å². The van der Waals surface area contributed by atoms with Gasteiger partial charge < -0.3 is 4.57 Å². The molecular formula is C18H14BrClN2OS. The zero-order valence-corrected chi connectivity index (χ0v) is 16.2. The summed E-state index contributed by atoms with van der Waals surface area (Å²) >= 11 is 10.9. The van der Waals surface area contributed by atoms with Gasteiger partial charge in [-0.1, -0.05) is 35.9 Å². The maximum Gasteiger partial charge on any atom is 0.280 e. The molecule has 3 nitrogen and oxygen atoms in total. The van der Waals surface area contributed by atoms with Gasteiger partial charge in [-0.15, -0.1) is 11.3 Å². The van der Waals surface area contributed by atoms with E-state index in [-0.39, 0.29) is 5.91 Å². The third-order valence-electron chi connectivity index (χ3n) is 3.62. The van der Waals surface area contributed by atoms with Crippen molar-refractivity contribution in [3.8, 4) is 11.3 Å². The number of hydrogen-bond acceptors (Lipinski definition) is 2. The zero-order chi connectivity index (χ0) is 17.3. The fourth-order valence-electron chi connectivity index (χ4n) is 2.47. The summed E-state index contributed by atoms with van der Waals surface area (Å²) in [7, 11) is 1.92. The van der Waals surface area contributed by atoms with E-state index in [0.29, 0.717) is 15.4 Å². The van der Waals surface area contributed by atoms with Gasteiger partial charge in [0.1, 0.15) is 0 Å². The first-order valence-corrected chi connectivity index (χ1v) is 9.22. The summed E-state index contributed by atoms with van der Waals surface area (Å²) in [6.45, 7) is 2.02. The standard InChI is InChI=1S/C18H14BrClN2OS/c1-11-16(12-7-9-13(20)10-8-12)22(2)18(24-11)21-17(23)14-5-3-4-6-15(14)19/h3-10H,1-2H3. The molecule has 1 amide bonds. The summed E-state index contributed by atoms with van der Waals surface area (Å²) in [5.41, 5.74) is 2.64. The van der Waals surface area contributed by atoms with Gasteiger partial charge in [0, 0.05) is 21.4 Å². The Morgan fingerprint density at radius 1 is 1.17 bits per heavy atom. The van der Waals surface area contributed by atoms with E-state index in [1.807, 2.05) is 61.0 Å². The van der Waals surface area contributed by atoms with Crippen LogP contribution in [0.5, 0.6) is 0 Å². The highest BCUT2D eigenvalue weighted by Gasteiger charge is 2.13. The third kappa shape index (κ3) is 3.38. The molecule has 0 bridgehead atoms. The van der Waals surface area contributed by atoms with Crippen molar-refractivity contribution in [2.45, 2.75) is 6.92 Å². The molecule has 2 aromatic carbocycles. The Morgan fingerprint density at radius 3 is 2.50 bits per heavy atom. The molecule has 0 fully saturated rings. The van der Waals surface area contributed by atoms with Gasteiger partial charge in [0.15, 0.2) is 4.80 Å². The molecule has 3 aromatic rings. The van der Waals surface area contributed by atoms with Crippen molar-refractivity contribution in [2.75, 3.05) is 0 Å². The van der Waals surface area contributed by atoms with Crippen LogP contribution in [0.4, 0.5) is 0 Å². The van der Waals surface area contributed by atoms with Gasteiger partial charge in [0.25, 0.3) is 5.91 Å². The number of amides is 1. The van der Waals surface area contributed by atoms with Crippen molar-refractivity contribution < 1.29 is 4.79 Å². The average Bonchev–Trinajstić information content (AvgIpc) is 2.83. The average molecular weight is 422 g/mol. The molecule has 0 atom stereocenters. The van der Waals surface area contributed by atoms with Crippen LogP contribution in [0, 0.1) is 6.92 Å². The van der Waals surface area contributed by atoms with Gasteiger partial charge >= 0.3 is 0 Å². The molecule has 24 heavy (non-hydrogen) atoms. The normalized spacial score (nSPS) is 11.8. The number of aromatic nitrogens is 1. The maximum absolute atomic E-state index is 12.5. The Balaban J connectivity index is 2.07. The minimum absolute atomic E-state index is 0.262. The molecule has 3 rings (SSSR count). The Morgan fingerprint density at radius 2 is 1.83 bits per heavy atom. The van der Waals surface area contributed by atoms with Crippen LogP contribution >= 0.6 is 38.9 Å². The van der Waals surface area contributed by atoms with Crippen LogP contribution in [0.2, 0.25) is 5.02 Å². The van der Waals surface area contributed by atoms with Crippen LogP contribution in [0.15, 0.2) is 58.0 Å². The quantitative estimate of drug-likeness (QED) is 0.558. The fraction of sp³-hybridized carbons (Fsp3) is 0.111. The number of hydrogen-bond donors (Lipinski definition) is 0. The fourth-order valence-corrected chi connectivity index (χ4v) is 4.03. The minimum Gasteiger partial charge on any atom is -0.319 e. The van der Waals surface area contributed by atoms with E-state index in [0.717, 1.165) is 20.6 Å². The lowest BCUT2D eigenvalue weighted by atomic mass is 10.1. The van der Waals surface area contributed by atoms with Crippen LogP contribution in [-0.2, 0) is 7.05 Å². The Bertz CT molecular complexity index is 973. The van der Waals surface area contributed by atoms with Crippen LogP contribution < -0.4 is 4.80 Å². The first-order valence-electron chi connectivity index (χ1n) is 7.23. The van der Waals surface area contributed by atoms with Crippen LogP contribution in [0.1, 0.15) is 15.2 Å². The molecule has 0 N–H and O–H groups in total. The lowest BCUT2D eigenvalue weighted by molar-refractivity contribution is 0.0997. The predicted molar refractivity (Wildman–Crippen MR) is 103 cm³/mol. The molecule has 0 radical (unpaired) electrons. The highest BCUT2D eigenvalue weighted by molar-refractivity contribution is 9.10. The number of halogens is 2. The van der Waals surface area contributed by atoms with E-state index in [1.165, 1.54) is 11.3 Å². The van der Waals surface area contributed by atoms with E-state index in [9.17, 15) is 4.79 Å². The molecule has 0 unspecified atom stereocenters. The second kappa shape index (κ2) is 7.05. The number of rotatable bonds is 2. The lowest BCUT2D eigenvalue weighted by Gasteiger charge is -2.05. The van der Waals surface area contributed by atoms with Gasteiger partial charge in [0.2, 0.25) is 0 Å². The van der Waals surface area contributed by atoms with Gasteiger partial charge in [0.05, 0.1) is 11.3 Å². The first-order chi connectivity index (χ1) is 11.5. The highest BCUT2D eigenvalue weighted by atomic mass is 79.9. The Labute approximate surface area is 157 Å².